The number of hydrogen-bond acceptors (Lipinski definition) is 4. The molecule has 0 radical (unpaired) electrons. The summed E-state index contributed by atoms with van der Waals surface area (Å²) >= 11 is 0. The van der Waals surface area contributed by atoms with Gasteiger partial charge in [0.15, 0.2) is 0 Å². The van der Waals surface area contributed by atoms with Crippen LogP contribution in [0, 0.1) is 0 Å². The van der Waals surface area contributed by atoms with E-state index in [4.69, 9.17) is 4.74 Å². The van der Waals surface area contributed by atoms with Gasteiger partial charge in [0.25, 0.3) is 11.8 Å². The van der Waals surface area contributed by atoms with Crippen molar-refractivity contribution in [3.8, 4) is 0 Å². The average Bonchev–Trinajstić information content (AvgIpc) is 3.32. The van der Waals surface area contributed by atoms with Crippen LogP contribution in [0.15, 0.2) is 36.5 Å². The van der Waals surface area contributed by atoms with Gasteiger partial charge in [-0.3, -0.25) is 14.3 Å². The van der Waals surface area contributed by atoms with Crippen molar-refractivity contribution in [2.75, 3.05) is 26.3 Å². The summed E-state index contributed by atoms with van der Waals surface area (Å²) in [4.78, 5) is 33.7. The van der Waals surface area contributed by atoms with Gasteiger partial charge in [0.2, 0.25) is 0 Å². The van der Waals surface area contributed by atoms with Crippen LogP contribution in [0.2, 0.25) is 0 Å². The van der Waals surface area contributed by atoms with Crippen molar-refractivity contribution < 1.29 is 14.3 Å². The van der Waals surface area contributed by atoms with Gasteiger partial charge >= 0.3 is 0 Å². The van der Waals surface area contributed by atoms with E-state index in [9.17, 15) is 9.59 Å². The first-order valence-electron chi connectivity index (χ1n) is 11.0. The first kappa shape index (κ1) is 18.6. The smallest absolute Gasteiger partial charge is 0.270 e. The Bertz CT molecular complexity index is 1140. The number of H-pyrrole nitrogens is 1. The molecule has 0 atom stereocenters. The Morgan fingerprint density at radius 1 is 1.10 bits per heavy atom. The van der Waals surface area contributed by atoms with Crippen molar-refractivity contribution in [1.29, 1.82) is 0 Å². The summed E-state index contributed by atoms with van der Waals surface area (Å²) in [7, 11) is 0. The second kappa shape index (κ2) is 6.95. The predicted molar refractivity (Wildman–Crippen MR) is 114 cm³/mol. The molecular weight excluding hydrogens is 394 g/mol. The molecule has 3 aliphatic rings. The zero-order chi connectivity index (χ0) is 21.0. The Morgan fingerprint density at radius 3 is 2.81 bits per heavy atom. The summed E-state index contributed by atoms with van der Waals surface area (Å²) in [5.41, 5.74) is 2.81. The van der Waals surface area contributed by atoms with Gasteiger partial charge in [0.1, 0.15) is 5.69 Å². The van der Waals surface area contributed by atoms with Gasteiger partial charge in [-0.15, -0.1) is 0 Å². The number of aromatic nitrogens is 3. The quantitative estimate of drug-likeness (QED) is 0.692. The van der Waals surface area contributed by atoms with Crippen LogP contribution in [0.4, 0.5) is 0 Å². The van der Waals surface area contributed by atoms with E-state index in [2.05, 4.69) is 10.1 Å². The molecule has 0 unspecified atom stereocenters. The van der Waals surface area contributed by atoms with E-state index in [1.807, 2.05) is 39.9 Å². The Balaban J connectivity index is 1.27. The van der Waals surface area contributed by atoms with Crippen LogP contribution < -0.4 is 0 Å². The minimum absolute atomic E-state index is 0.0177. The lowest BCUT2D eigenvalue weighted by atomic mass is 10.1. The highest BCUT2D eigenvalue weighted by atomic mass is 16.5. The molecule has 1 aromatic carbocycles. The molecule has 4 heterocycles. The molecule has 6 rings (SSSR count). The fourth-order valence-corrected chi connectivity index (χ4v) is 4.88. The second-order valence-electron chi connectivity index (χ2n) is 8.81. The molecule has 1 saturated heterocycles. The van der Waals surface area contributed by atoms with Crippen LogP contribution in [0.1, 0.15) is 45.8 Å². The van der Waals surface area contributed by atoms with Crippen molar-refractivity contribution in [3.05, 3.63) is 53.5 Å². The molecule has 2 aromatic heterocycles. The second-order valence-corrected chi connectivity index (χ2v) is 8.81. The number of nitrogens with zero attached hydrogens (tertiary/aromatic N) is 4. The monoisotopic (exact) mass is 419 g/mol. The molecule has 2 amide bonds. The third-order valence-electron chi connectivity index (χ3n) is 6.84. The van der Waals surface area contributed by atoms with Gasteiger partial charge in [-0.1, -0.05) is 18.2 Å². The summed E-state index contributed by atoms with van der Waals surface area (Å²) in [5, 5.41) is 5.47. The molecule has 2 aliphatic heterocycles. The number of benzene rings is 1. The van der Waals surface area contributed by atoms with E-state index < -0.39 is 0 Å². The molecule has 2 fully saturated rings. The molecular formula is C23H25N5O3. The maximum Gasteiger partial charge on any atom is 0.270 e. The molecule has 1 spiro atoms. The number of carbonyl (C=O) groups is 2. The van der Waals surface area contributed by atoms with Crippen LogP contribution in [0.3, 0.4) is 0 Å². The van der Waals surface area contributed by atoms with Gasteiger partial charge in [0, 0.05) is 30.6 Å². The van der Waals surface area contributed by atoms with Crippen LogP contribution in [-0.4, -0.2) is 68.2 Å². The highest BCUT2D eigenvalue weighted by Gasteiger charge is 2.51. The molecule has 31 heavy (non-hydrogen) atoms. The van der Waals surface area contributed by atoms with E-state index in [0.29, 0.717) is 50.7 Å². The number of para-hydroxylation sites is 1. The number of aromatic amines is 1. The summed E-state index contributed by atoms with van der Waals surface area (Å²) in [6, 6.07) is 9.76. The van der Waals surface area contributed by atoms with E-state index >= 15 is 0 Å². The van der Waals surface area contributed by atoms with E-state index in [1.54, 1.807) is 11.1 Å². The molecule has 1 saturated carbocycles. The fraction of sp³-hybridized carbons (Fsp3) is 0.435. The maximum atomic E-state index is 13.5. The largest absolute Gasteiger partial charge is 0.379 e. The standard InChI is InChI=1S/C23H25N5O3/c29-21(27-8-3-11-31-15-23(27)6-7-23)17-13-24-28-10-9-26(14-20(17)28)22(30)19-12-16-4-1-2-5-18(16)25-19/h1-2,4-5,12-13,25H,3,6-11,14-15H2. The average molecular weight is 419 g/mol. The summed E-state index contributed by atoms with van der Waals surface area (Å²) in [6.45, 7) is 3.56. The fourth-order valence-electron chi connectivity index (χ4n) is 4.88. The molecule has 0 bridgehead atoms. The van der Waals surface area contributed by atoms with Crippen LogP contribution >= 0.6 is 0 Å². The van der Waals surface area contributed by atoms with E-state index in [-0.39, 0.29) is 17.4 Å². The topological polar surface area (TPSA) is 83.5 Å². The Kier molecular flexibility index (Phi) is 4.17. The number of carbonyl (C=O) groups excluding carboxylic acids is 2. The van der Waals surface area contributed by atoms with E-state index in [1.165, 1.54) is 0 Å². The van der Waals surface area contributed by atoms with E-state index in [0.717, 1.165) is 35.9 Å². The normalized spacial score (nSPS) is 20.0. The van der Waals surface area contributed by atoms with Crippen LogP contribution in [-0.2, 0) is 17.8 Å². The van der Waals surface area contributed by atoms with Crippen LogP contribution in [0.25, 0.3) is 10.9 Å². The summed E-state index contributed by atoms with van der Waals surface area (Å²) < 4.78 is 7.61. The zero-order valence-corrected chi connectivity index (χ0v) is 17.3. The minimum atomic E-state index is -0.142. The Hall–Kier alpha value is -3.13. The van der Waals surface area contributed by atoms with Crippen molar-refractivity contribution >= 4 is 22.7 Å². The molecule has 1 aliphatic carbocycles. The summed E-state index contributed by atoms with van der Waals surface area (Å²) in [5.74, 6) is -0.0342. The number of hydrogen-bond donors (Lipinski definition) is 1. The third-order valence-corrected chi connectivity index (χ3v) is 6.84. The highest BCUT2D eigenvalue weighted by Crippen LogP contribution is 2.44. The molecule has 160 valence electrons. The number of ether oxygens (including phenoxy) is 1. The van der Waals surface area contributed by atoms with Gasteiger partial charge < -0.3 is 19.5 Å². The third kappa shape index (κ3) is 3.05. The van der Waals surface area contributed by atoms with Gasteiger partial charge in [-0.2, -0.15) is 5.10 Å². The zero-order valence-electron chi connectivity index (χ0n) is 17.3. The molecule has 1 N–H and O–H groups in total. The van der Waals surface area contributed by atoms with Gasteiger partial charge in [-0.05, 0) is 31.4 Å². The SMILES string of the molecule is O=C(c1cc2ccccc2[nH]1)N1CCn2ncc(C(=O)N3CCCOCC34CC4)c2C1. The van der Waals surface area contributed by atoms with Gasteiger partial charge in [0.05, 0.1) is 42.7 Å². The first-order chi connectivity index (χ1) is 15.1. The highest BCUT2D eigenvalue weighted by molar-refractivity contribution is 5.99. The van der Waals surface area contributed by atoms with Crippen molar-refractivity contribution in [2.24, 2.45) is 0 Å². The number of amides is 2. The first-order valence-corrected chi connectivity index (χ1v) is 11.0. The van der Waals surface area contributed by atoms with Crippen molar-refractivity contribution in [2.45, 2.75) is 37.9 Å². The number of rotatable bonds is 2. The number of fused-ring (bicyclic) bond motifs is 2. The lowest BCUT2D eigenvalue weighted by Crippen LogP contribution is -2.45. The van der Waals surface area contributed by atoms with Crippen LogP contribution in [0.5, 0.6) is 0 Å². The predicted octanol–water partition coefficient (Wildman–Crippen LogP) is 2.42. The number of nitrogens with one attached hydrogen (secondary N) is 1. The molecule has 3 aromatic rings. The Morgan fingerprint density at radius 2 is 1.97 bits per heavy atom. The lowest BCUT2D eigenvalue weighted by Gasteiger charge is -2.31. The molecule has 8 nitrogen and oxygen atoms in total. The Labute approximate surface area is 179 Å². The lowest BCUT2D eigenvalue weighted by molar-refractivity contribution is 0.0544. The van der Waals surface area contributed by atoms with Gasteiger partial charge in [-0.25, -0.2) is 0 Å². The van der Waals surface area contributed by atoms with Crippen molar-refractivity contribution in [1.82, 2.24) is 24.6 Å². The minimum Gasteiger partial charge on any atom is -0.379 e. The summed E-state index contributed by atoms with van der Waals surface area (Å²) in [6.07, 6.45) is 4.51. The molecule has 8 heteroatoms. The van der Waals surface area contributed by atoms with Crippen molar-refractivity contribution in [3.63, 3.8) is 0 Å². The maximum absolute atomic E-state index is 13.5.